The van der Waals surface area contributed by atoms with Crippen molar-refractivity contribution in [3.63, 3.8) is 0 Å². The highest BCUT2D eigenvalue weighted by atomic mass is 16.5. The third kappa shape index (κ3) is 5.61. The molecular formula is C16H26N2O2. The third-order valence-corrected chi connectivity index (χ3v) is 3.51. The maximum absolute atomic E-state index is 11.9. The third-order valence-electron chi connectivity index (χ3n) is 3.51. The minimum atomic E-state index is -0.213. The summed E-state index contributed by atoms with van der Waals surface area (Å²) in [6, 6.07) is 7.82. The summed E-state index contributed by atoms with van der Waals surface area (Å²) < 4.78 is 5.58. The lowest BCUT2D eigenvalue weighted by Crippen LogP contribution is -2.47. The smallest absolute Gasteiger partial charge is 0.223 e. The van der Waals surface area contributed by atoms with Crippen LogP contribution in [0.25, 0.3) is 0 Å². The van der Waals surface area contributed by atoms with Crippen molar-refractivity contribution < 1.29 is 9.53 Å². The SMILES string of the molecule is CCC(C)(CCN)NC(=O)CCOc1cccc(C)c1. The van der Waals surface area contributed by atoms with Crippen LogP contribution >= 0.6 is 0 Å². The number of hydrogen-bond donors (Lipinski definition) is 2. The first-order valence-electron chi connectivity index (χ1n) is 7.19. The average molecular weight is 278 g/mol. The van der Waals surface area contributed by atoms with Crippen LogP contribution in [-0.2, 0) is 4.79 Å². The van der Waals surface area contributed by atoms with Crippen molar-refractivity contribution in [2.75, 3.05) is 13.2 Å². The molecular weight excluding hydrogens is 252 g/mol. The van der Waals surface area contributed by atoms with Crippen molar-refractivity contribution in [3.05, 3.63) is 29.8 Å². The van der Waals surface area contributed by atoms with E-state index in [0.717, 1.165) is 24.2 Å². The Labute approximate surface area is 121 Å². The summed E-state index contributed by atoms with van der Waals surface area (Å²) in [5.41, 5.74) is 6.51. The molecule has 0 aromatic heterocycles. The predicted molar refractivity (Wildman–Crippen MR) is 81.8 cm³/mol. The van der Waals surface area contributed by atoms with Crippen molar-refractivity contribution >= 4 is 5.91 Å². The lowest BCUT2D eigenvalue weighted by atomic mass is 9.94. The number of carbonyl (C=O) groups excluding carboxylic acids is 1. The fourth-order valence-electron chi connectivity index (χ4n) is 2.01. The Morgan fingerprint density at radius 1 is 1.45 bits per heavy atom. The van der Waals surface area contributed by atoms with Crippen molar-refractivity contribution in [1.82, 2.24) is 5.32 Å². The lowest BCUT2D eigenvalue weighted by molar-refractivity contribution is -0.123. The Bertz CT molecular complexity index is 434. The number of aryl methyl sites for hydroxylation is 1. The summed E-state index contributed by atoms with van der Waals surface area (Å²) in [4.78, 5) is 11.9. The highest BCUT2D eigenvalue weighted by molar-refractivity contribution is 5.76. The van der Waals surface area contributed by atoms with Gasteiger partial charge >= 0.3 is 0 Å². The number of hydrogen-bond acceptors (Lipinski definition) is 3. The van der Waals surface area contributed by atoms with Gasteiger partial charge in [-0.15, -0.1) is 0 Å². The standard InChI is InChI=1S/C16H26N2O2/c1-4-16(3,9-10-17)18-15(19)8-11-20-14-7-5-6-13(2)12-14/h5-7,12H,4,8-11,17H2,1-3H3,(H,18,19). The van der Waals surface area contributed by atoms with E-state index in [1.165, 1.54) is 0 Å². The molecule has 1 atom stereocenters. The molecule has 1 amide bonds. The predicted octanol–water partition coefficient (Wildman–Crippen LogP) is 2.40. The summed E-state index contributed by atoms with van der Waals surface area (Å²) in [6.45, 7) is 7.06. The van der Waals surface area contributed by atoms with Crippen LogP contribution < -0.4 is 15.8 Å². The number of amides is 1. The molecule has 1 aromatic rings. The van der Waals surface area contributed by atoms with Gasteiger partial charge in [0.1, 0.15) is 5.75 Å². The molecule has 4 nitrogen and oxygen atoms in total. The number of benzene rings is 1. The van der Waals surface area contributed by atoms with Gasteiger partial charge in [0.2, 0.25) is 5.91 Å². The van der Waals surface area contributed by atoms with E-state index < -0.39 is 0 Å². The average Bonchev–Trinajstić information content (AvgIpc) is 2.39. The van der Waals surface area contributed by atoms with Gasteiger partial charge in [-0.3, -0.25) is 4.79 Å². The molecule has 1 aromatic carbocycles. The fraction of sp³-hybridized carbons (Fsp3) is 0.562. The topological polar surface area (TPSA) is 64.3 Å². The molecule has 0 aliphatic heterocycles. The van der Waals surface area contributed by atoms with Gasteiger partial charge < -0.3 is 15.8 Å². The molecule has 0 fully saturated rings. The van der Waals surface area contributed by atoms with E-state index in [2.05, 4.69) is 12.2 Å². The van der Waals surface area contributed by atoms with Crippen LogP contribution in [0, 0.1) is 6.92 Å². The molecule has 0 spiro atoms. The lowest BCUT2D eigenvalue weighted by Gasteiger charge is -2.29. The molecule has 1 rings (SSSR count). The van der Waals surface area contributed by atoms with Crippen LogP contribution in [0.2, 0.25) is 0 Å². The largest absolute Gasteiger partial charge is 0.493 e. The van der Waals surface area contributed by atoms with Crippen LogP contribution in [0.1, 0.15) is 38.7 Å². The number of carbonyl (C=O) groups is 1. The summed E-state index contributed by atoms with van der Waals surface area (Å²) in [5, 5.41) is 3.04. The number of nitrogens with two attached hydrogens (primary N) is 1. The van der Waals surface area contributed by atoms with Gasteiger partial charge in [0.15, 0.2) is 0 Å². The Morgan fingerprint density at radius 2 is 2.20 bits per heavy atom. The van der Waals surface area contributed by atoms with Gasteiger partial charge in [-0.05, 0) is 50.9 Å². The van der Waals surface area contributed by atoms with Crippen molar-refractivity contribution in [2.45, 2.75) is 45.6 Å². The van der Waals surface area contributed by atoms with E-state index in [1.54, 1.807) is 0 Å². The van der Waals surface area contributed by atoms with Crippen molar-refractivity contribution in [3.8, 4) is 5.75 Å². The van der Waals surface area contributed by atoms with Gasteiger partial charge in [0, 0.05) is 5.54 Å². The molecule has 20 heavy (non-hydrogen) atoms. The maximum Gasteiger partial charge on any atom is 0.223 e. The van der Waals surface area contributed by atoms with E-state index >= 15 is 0 Å². The number of ether oxygens (including phenoxy) is 1. The van der Waals surface area contributed by atoms with Gasteiger partial charge in [0.25, 0.3) is 0 Å². The normalized spacial score (nSPS) is 13.6. The summed E-state index contributed by atoms with van der Waals surface area (Å²) in [5.74, 6) is 0.813. The first kappa shape index (κ1) is 16.5. The summed E-state index contributed by atoms with van der Waals surface area (Å²) in [7, 11) is 0. The number of rotatable bonds is 8. The van der Waals surface area contributed by atoms with E-state index in [1.807, 2.05) is 38.1 Å². The number of nitrogens with one attached hydrogen (secondary N) is 1. The van der Waals surface area contributed by atoms with Gasteiger partial charge in [-0.2, -0.15) is 0 Å². The van der Waals surface area contributed by atoms with Crippen LogP contribution in [-0.4, -0.2) is 24.6 Å². The zero-order valence-electron chi connectivity index (χ0n) is 12.7. The highest BCUT2D eigenvalue weighted by Crippen LogP contribution is 2.14. The van der Waals surface area contributed by atoms with E-state index in [-0.39, 0.29) is 11.4 Å². The van der Waals surface area contributed by atoms with Crippen LogP contribution in [0.15, 0.2) is 24.3 Å². The minimum Gasteiger partial charge on any atom is -0.493 e. The zero-order valence-corrected chi connectivity index (χ0v) is 12.7. The van der Waals surface area contributed by atoms with Gasteiger partial charge in [-0.1, -0.05) is 19.1 Å². The second-order valence-corrected chi connectivity index (χ2v) is 5.42. The van der Waals surface area contributed by atoms with E-state index in [0.29, 0.717) is 19.6 Å². The maximum atomic E-state index is 11.9. The van der Waals surface area contributed by atoms with Gasteiger partial charge in [-0.25, -0.2) is 0 Å². The molecule has 4 heteroatoms. The Morgan fingerprint density at radius 3 is 2.80 bits per heavy atom. The van der Waals surface area contributed by atoms with Gasteiger partial charge in [0.05, 0.1) is 13.0 Å². The molecule has 0 saturated heterocycles. The zero-order chi connectivity index (χ0) is 15.0. The van der Waals surface area contributed by atoms with Crippen LogP contribution in [0.3, 0.4) is 0 Å². The molecule has 0 radical (unpaired) electrons. The molecule has 0 aliphatic rings. The first-order valence-corrected chi connectivity index (χ1v) is 7.19. The molecule has 112 valence electrons. The molecule has 0 heterocycles. The molecule has 0 bridgehead atoms. The molecule has 0 aliphatic carbocycles. The molecule has 1 unspecified atom stereocenters. The Kier molecular flexibility index (Phi) is 6.52. The highest BCUT2D eigenvalue weighted by Gasteiger charge is 2.22. The van der Waals surface area contributed by atoms with Crippen LogP contribution in [0.5, 0.6) is 5.75 Å². The van der Waals surface area contributed by atoms with Crippen molar-refractivity contribution in [2.24, 2.45) is 5.73 Å². The first-order chi connectivity index (χ1) is 9.49. The fourth-order valence-corrected chi connectivity index (χ4v) is 2.01. The Balaban J connectivity index is 2.36. The second-order valence-electron chi connectivity index (χ2n) is 5.42. The summed E-state index contributed by atoms with van der Waals surface area (Å²) >= 11 is 0. The second kappa shape index (κ2) is 7.90. The monoisotopic (exact) mass is 278 g/mol. The van der Waals surface area contributed by atoms with Crippen molar-refractivity contribution in [1.29, 1.82) is 0 Å². The van der Waals surface area contributed by atoms with Crippen LogP contribution in [0.4, 0.5) is 0 Å². The molecule has 3 N–H and O–H groups in total. The quantitative estimate of drug-likeness (QED) is 0.767. The molecule has 0 saturated carbocycles. The summed E-state index contributed by atoms with van der Waals surface area (Å²) in [6.07, 6.45) is 2.01. The van der Waals surface area contributed by atoms with E-state index in [9.17, 15) is 4.79 Å². The minimum absolute atomic E-state index is 0.00968. The Hall–Kier alpha value is -1.55. The van der Waals surface area contributed by atoms with E-state index in [4.69, 9.17) is 10.5 Å².